The number of aryl methyl sites for hydroxylation is 1. The number of nitrogens with one attached hydrogen (secondary N) is 2. The van der Waals surface area contributed by atoms with Gasteiger partial charge in [0.05, 0.1) is 12.8 Å². The molecular weight excluding hydrogens is 426 g/mol. The van der Waals surface area contributed by atoms with Crippen molar-refractivity contribution in [2.45, 2.75) is 6.92 Å². The first kappa shape index (κ1) is 21.6. The molecule has 0 saturated carbocycles. The van der Waals surface area contributed by atoms with Gasteiger partial charge < -0.3 is 19.9 Å². The Balaban J connectivity index is 1.32. The number of hydrogen-bond acceptors (Lipinski definition) is 6. The summed E-state index contributed by atoms with van der Waals surface area (Å²) >= 11 is 1.23. The van der Waals surface area contributed by atoms with Crippen LogP contribution in [0.25, 0.3) is 0 Å². The average Bonchev–Trinajstić information content (AvgIpc) is 3.27. The van der Waals surface area contributed by atoms with Crippen LogP contribution in [0.1, 0.15) is 16.1 Å². The quantitative estimate of drug-likeness (QED) is 0.611. The van der Waals surface area contributed by atoms with E-state index in [2.05, 4.69) is 20.5 Å². The van der Waals surface area contributed by atoms with Gasteiger partial charge in [-0.2, -0.15) is 0 Å². The fraction of sp³-hybridized carbons (Fsp3) is 0.261. The minimum atomic E-state index is -0.394. The maximum atomic E-state index is 12.9. The molecule has 1 fully saturated rings. The van der Waals surface area contributed by atoms with Crippen LogP contribution in [-0.4, -0.2) is 55.1 Å². The third kappa shape index (κ3) is 5.00. The molecule has 2 aromatic carbocycles. The molecule has 1 saturated heterocycles. The summed E-state index contributed by atoms with van der Waals surface area (Å²) in [6.45, 7) is 4.55. The summed E-state index contributed by atoms with van der Waals surface area (Å²) in [5.41, 5.74) is 3.12. The zero-order valence-electron chi connectivity index (χ0n) is 18.0. The SMILES string of the molecule is COc1ccccc1N1CCN(C(=O)c2csc(NC(=O)Nc3cccc(C)c3)n2)CC1. The van der Waals surface area contributed by atoms with Gasteiger partial charge in [-0.15, -0.1) is 11.3 Å². The second kappa shape index (κ2) is 9.69. The Morgan fingerprint density at radius 2 is 1.81 bits per heavy atom. The predicted molar refractivity (Wildman–Crippen MR) is 127 cm³/mol. The van der Waals surface area contributed by atoms with Crippen LogP contribution in [0.3, 0.4) is 0 Å². The minimum Gasteiger partial charge on any atom is -0.495 e. The second-order valence-corrected chi connectivity index (χ2v) is 8.30. The van der Waals surface area contributed by atoms with E-state index in [0.717, 1.165) is 17.0 Å². The van der Waals surface area contributed by atoms with Gasteiger partial charge in [0.25, 0.3) is 5.91 Å². The third-order valence-electron chi connectivity index (χ3n) is 5.21. The lowest BCUT2D eigenvalue weighted by atomic mass is 10.2. The fourth-order valence-corrected chi connectivity index (χ4v) is 4.29. The Hall–Kier alpha value is -3.59. The summed E-state index contributed by atoms with van der Waals surface area (Å²) in [4.78, 5) is 33.4. The van der Waals surface area contributed by atoms with Crippen molar-refractivity contribution in [2.75, 3.05) is 48.8 Å². The fourth-order valence-electron chi connectivity index (χ4n) is 3.62. The molecule has 0 radical (unpaired) electrons. The van der Waals surface area contributed by atoms with Crippen LogP contribution in [-0.2, 0) is 0 Å². The van der Waals surface area contributed by atoms with Crippen molar-refractivity contribution in [3.8, 4) is 5.75 Å². The largest absolute Gasteiger partial charge is 0.495 e. The highest BCUT2D eigenvalue weighted by atomic mass is 32.1. The second-order valence-electron chi connectivity index (χ2n) is 7.44. The van der Waals surface area contributed by atoms with E-state index in [1.807, 2.05) is 55.5 Å². The van der Waals surface area contributed by atoms with E-state index in [0.29, 0.717) is 42.7 Å². The summed E-state index contributed by atoms with van der Waals surface area (Å²) in [5, 5.41) is 7.52. The van der Waals surface area contributed by atoms with Gasteiger partial charge in [-0.05, 0) is 36.8 Å². The summed E-state index contributed by atoms with van der Waals surface area (Å²) in [5.74, 6) is 0.694. The smallest absolute Gasteiger partial charge is 0.325 e. The number of amides is 3. The maximum absolute atomic E-state index is 12.9. The molecule has 0 atom stereocenters. The van der Waals surface area contributed by atoms with Crippen LogP contribution in [0.5, 0.6) is 5.75 Å². The topological polar surface area (TPSA) is 86.8 Å². The van der Waals surface area contributed by atoms with E-state index < -0.39 is 6.03 Å². The highest BCUT2D eigenvalue weighted by Gasteiger charge is 2.25. The normalized spacial score (nSPS) is 13.6. The lowest BCUT2D eigenvalue weighted by molar-refractivity contribution is 0.0741. The monoisotopic (exact) mass is 451 g/mol. The van der Waals surface area contributed by atoms with Crippen LogP contribution in [0.4, 0.5) is 21.3 Å². The molecule has 0 bridgehead atoms. The highest BCUT2D eigenvalue weighted by molar-refractivity contribution is 7.14. The molecule has 0 unspecified atom stereocenters. The molecule has 2 N–H and O–H groups in total. The highest BCUT2D eigenvalue weighted by Crippen LogP contribution is 2.28. The van der Waals surface area contributed by atoms with E-state index in [1.54, 1.807) is 17.4 Å². The third-order valence-corrected chi connectivity index (χ3v) is 5.97. The van der Waals surface area contributed by atoms with Gasteiger partial charge >= 0.3 is 6.03 Å². The number of piperazine rings is 1. The number of nitrogens with zero attached hydrogens (tertiary/aromatic N) is 3. The first-order chi connectivity index (χ1) is 15.5. The molecule has 166 valence electrons. The molecule has 0 spiro atoms. The van der Waals surface area contributed by atoms with Crippen molar-refractivity contribution in [1.82, 2.24) is 9.88 Å². The van der Waals surface area contributed by atoms with Crippen molar-refractivity contribution in [3.05, 3.63) is 65.2 Å². The Labute approximate surface area is 190 Å². The molecule has 3 amide bonds. The minimum absolute atomic E-state index is 0.131. The number of thiazole rings is 1. The van der Waals surface area contributed by atoms with Gasteiger partial charge in [-0.3, -0.25) is 10.1 Å². The van der Waals surface area contributed by atoms with Gasteiger partial charge in [-0.25, -0.2) is 9.78 Å². The number of carbonyl (C=O) groups excluding carboxylic acids is 2. The summed E-state index contributed by atoms with van der Waals surface area (Å²) in [7, 11) is 1.66. The van der Waals surface area contributed by atoms with Crippen molar-refractivity contribution >= 4 is 39.8 Å². The molecular formula is C23H25N5O3S. The van der Waals surface area contributed by atoms with E-state index in [1.165, 1.54) is 11.3 Å². The molecule has 1 aromatic heterocycles. The van der Waals surface area contributed by atoms with Crippen LogP contribution in [0, 0.1) is 6.92 Å². The Kier molecular flexibility index (Phi) is 6.55. The van der Waals surface area contributed by atoms with Gasteiger partial charge in [0, 0.05) is 37.2 Å². The molecule has 2 heterocycles. The molecule has 32 heavy (non-hydrogen) atoms. The molecule has 0 aliphatic carbocycles. The zero-order chi connectivity index (χ0) is 22.5. The number of anilines is 3. The van der Waals surface area contributed by atoms with Crippen LogP contribution in [0.15, 0.2) is 53.9 Å². The molecule has 3 aromatic rings. The molecule has 9 heteroatoms. The number of urea groups is 1. The van der Waals surface area contributed by atoms with Crippen molar-refractivity contribution < 1.29 is 14.3 Å². The van der Waals surface area contributed by atoms with E-state index >= 15 is 0 Å². The summed E-state index contributed by atoms with van der Waals surface area (Å²) in [6.07, 6.45) is 0. The molecule has 1 aliphatic rings. The Morgan fingerprint density at radius 1 is 1.03 bits per heavy atom. The van der Waals surface area contributed by atoms with E-state index in [4.69, 9.17) is 4.74 Å². The van der Waals surface area contributed by atoms with E-state index in [9.17, 15) is 9.59 Å². The van der Waals surface area contributed by atoms with Crippen molar-refractivity contribution in [1.29, 1.82) is 0 Å². The Bertz CT molecular complexity index is 1110. The van der Waals surface area contributed by atoms with Crippen LogP contribution < -0.4 is 20.3 Å². The first-order valence-corrected chi connectivity index (χ1v) is 11.2. The number of ether oxygens (including phenoxy) is 1. The van der Waals surface area contributed by atoms with Gasteiger partial charge in [0.2, 0.25) is 0 Å². The average molecular weight is 452 g/mol. The lowest BCUT2D eigenvalue weighted by Gasteiger charge is -2.36. The molecule has 1 aliphatic heterocycles. The number of para-hydroxylation sites is 2. The molecule has 4 rings (SSSR count). The zero-order valence-corrected chi connectivity index (χ0v) is 18.8. The van der Waals surface area contributed by atoms with Crippen LogP contribution >= 0.6 is 11.3 Å². The van der Waals surface area contributed by atoms with Gasteiger partial charge in [-0.1, -0.05) is 24.3 Å². The van der Waals surface area contributed by atoms with Gasteiger partial charge in [0.1, 0.15) is 11.4 Å². The van der Waals surface area contributed by atoms with Crippen molar-refractivity contribution in [3.63, 3.8) is 0 Å². The first-order valence-electron chi connectivity index (χ1n) is 10.3. The number of carbonyl (C=O) groups is 2. The number of benzene rings is 2. The number of hydrogen-bond donors (Lipinski definition) is 2. The van der Waals surface area contributed by atoms with Crippen molar-refractivity contribution in [2.24, 2.45) is 0 Å². The maximum Gasteiger partial charge on any atom is 0.325 e. The molecule has 8 nitrogen and oxygen atoms in total. The number of rotatable bonds is 5. The number of aromatic nitrogens is 1. The van der Waals surface area contributed by atoms with Gasteiger partial charge in [0.15, 0.2) is 5.13 Å². The Morgan fingerprint density at radius 3 is 2.56 bits per heavy atom. The van der Waals surface area contributed by atoms with Crippen LogP contribution in [0.2, 0.25) is 0 Å². The lowest BCUT2D eigenvalue weighted by Crippen LogP contribution is -2.49. The summed E-state index contributed by atoms with van der Waals surface area (Å²) < 4.78 is 5.45. The summed E-state index contributed by atoms with van der Waals surface area (Å²) in [6, 6.07) is 15.0. The predicted octanol–water partition coefficient (Wildman–Crippen LogP) is 4.07. The standard InChI is InChI=1S/C23H25N5O3S/c1-16-6-5-7-17(14-16)24-22(30)26-23-25-18(15-32-23)21(29)28-12-10-27(11-13-28)19-8-3-4-9-20(19)31-2/h3-9,14-15H,10-13H2,1-2H3,(H2,24,25,26,30). The number of methoxy groups -OCH3 is 1. The van der Waals surface area contributed by atoms with E-state index in [-0.39, 0.29) is 5.91 Å².